The molecule has 32 heavy (non-hydrogen) atoms. The van der Waals surface area contributed by atoms with Crippen LogP contribution in [0.2, 0.25) is 5.02 Å². The van der Waals surface area contributed by atoms with Gasteiger partial charge in [-0.2, -0.15) is 5.10 Å². The minimum Gasteiger partial charge on any atom is -0.457 e. The van der Waals surface area contributed by atoms with Crippen LogP contribution < -0.4 is 10.2 Å². The maximum atomic E-state index is 12.5. The van der Waals surface area contributed by atoms with E-state index in [1.165, 1.54) is 5.56 Å². The van der Waals surface area contributed by atoms with Crippen LogP contribution in [0.3, 0.4) is 0 Å². The lowest BCUT2D eigenvalue weighted by molar-refractivity contribution is -0.126. The zero-order chi connectivity index (χ0) is 22.2. The van der Waals surface area contributed by atoms with Gasteiger partial charge in [0.1, 0.15) is 11.5 Å². The number of halogens is 1. The van der Waals surface area contributed by atoms with E-state index in [0.29, 0.717) is 0 Å². The van der Waals surface area contributed by atoms with Crippen molar-refractivity contribution in [3.05, 3.63) is 95.0 Å². The van der Waals surface area contributed by atoms with Gasteiger partial charge in [0, 0.05) is 17.5 Å². The van der Waals surface area contributed by atoms with Crippen LogP contribution >= 0.6 is 11.6 Å². The summed E-state index contributed by atoms with van der Waals surface area (Å²) in [5, 5.41) is 4.90. The molecule has 0 radical (unpaired) electrons. The molecular formula is C26H26ClN3O2. The standard InChI is InChI=1S/C26H26ClN3O2/c27-23-11-9-20(10-12-23)19-30-15-13-22(14-16-30)26(31)29-28-18-21-5-4-8-25(17-21)32-24-6-2-1-3-7-24/h1-12,17-18,22H,13-16,19H2,(H,29,31)/b28-18+. The van der Waals surface area contributed by atoms with Crippen LogP contribution in [0.15, 0.2) is 84.0 Å². The largest absolute Gasteiger partial charge is 0.457 e. The fraction of sp³-hybridized carbons (Fsp3) is 0.231. The Bertz CT molecular complexity index is 1050. The zero-order valence-corrected chi connectivity index (χ0v) is 18.5. The quantitative estimate of drug-likeness (QED) is 0.384. The summed E-state index contributed by atoms with van der Waals surface area (Å²) in [7, 11) is 0. The molecule has 1 aliphatic rings. The van der Waals surface area contributed by atoms with Crippen molar-refractivity contribution in [2.24, 2.45) is 11.0 Å². The fourth-order valence-electron chi connectivity index (χ4n) is 3.75. The van der Waals surface area contributed by atoms with Gasteiger partial charge in [0.25, 0.3) is 0 Å². The van der Waals surface area contributed by atoms with Crippen LogP contribution in [0.5, 0.6) is 11.5 Å². The molecule has 0 aliphatic carbocycles. The SMILES string of the molecule is O=C(N/N=C/c1cccc(Oc2ccccc2)c1)C1CCN(Cc2ccc(Cl)cc2)CC1. The highest BCUT2D eigenvalue weighted by atomic mass is 35.5. The fourth-order valence-corrected chi connectivity index (χ4v) is 3.87. The minimum atomic E-state index is -0.0240. The highest BCUT2D eigenvalue weighted by molar-refractivity contribution is 6.30. The van der Waals surface area contributed by atoms with Crippen molar-refractivity contribution in [1.29, 1.82) is 0 Å². The number of piperidine rings is 1. The number of nitrogens with one attached hydrogen (secondary N) is 1. The Labute approximate surface area is 193 Å². The Morgan fingerprint density at radius 1 is 1.00 bits per heavy atom. The van der Waals surface area contributed by atoms with E-state index in [2.05, 4.69) is 27.6 Å². The number of hydrazone groups is 1. The van der Waals surface area contributed by atoms with E-state index in [-0.39, 0.29) is 11.8 Å². The second kappa shape index (κ2) is 10.9. The first-order valence-electron chi connectivity index (χ1n) is 10.8. The normalized spacial score (nSPS) is 15.0. The lowest BCUT2D eigenvalue weighted by Gasteiger charge is -2.30. The monoisotopic (exact) mass is 447 g/mol. The summed E-state index contributed by atoms with van der Waals surface area (Å²) in [5.41, 5.74) is 4.79. The minimum absolute atomic E-state index is 0.0126. The van der Waals surface area contributed by atoms with E-state index in [1.807, 2.05) is 66.7 Å². The lowest BCUT2D eigenvalue weighted by Crippen LogP contribution is -2.39. The highest BCUT2D eigenvalue weighted by Gasteiger charge is 2.24. The summed E-state index contributed by atoms with van der Waals surface area (Å²) in [6.45, 7) is 2.66. The van der Waals surface area contributed by atoms with Crippen LogP contribution in [-0.2, 0) is 11.3 Å². The Hall–Kier alpha value is -3.15. The molecule has 0 aromatic heterocycles. The molecular weight excluding hydrogens is 422 g/mol. The molecule has 164 valence electrons. The molecule has 3 aromatic rings. The number of likely N-dealkylation sites (tertiary alicyclic amines) is 1. The van der Waals surface area contributed by atoms with Gasteiger partial charge in [-0.25, -0.2) is 5.43 Å². The van der Waals surface area contributed by atoms with Crippen molar-refractivity contribution in [3.8, 4) is 11.5 Å². The summed E-state index contributed by atoms with van der Waals surface area (Å²) in [6, 6.07) is 25.1. The summed E-state index contributed by atoms with van der Waals surface area (Å²) < 4.78 is 5.84. The summed E-state index contributed by atoms with van der Waals surface area (Å²) >= 11 is 5.95. The zero-order valence-electron chi connectivity index (χ0n) is 17.8. The van der Waals surface area contributed by atoms with Crippen LogP contribution in [0.25, 0.3) is 0 Å². The predicted octanol–water partition coefficient (Wildman–Crippen LogP) is 5.49. The number of ether oxygens (including phenoxy) is 1. The number of carbonyl (C=O) groups is 1. The number of amides is 1. The highest BCUT2D eigenvalue weighted by Crippen LogP contribution is 2.22. The van der Waals surface area contributed by atoms with Crippen LogP contribution in [0, 0.1) is 5.92 Å². The molecule has 0 bridgehead atoms. The number of hydrogen-bond donors (Lipinski definition) is 1. The average molecular weight is 448 g/mol. The topological polar surface area (TPSA) is 53.9 Å². The maximum Gasteiger partial charge on any atom is 0.243 e. The first-order chi connectivity index (χ1) is 15.7. The van der Waals surface area contributed by atoms with Gasteiger partial charge in [-0.1, -0.05) is 54.1 Å². The van der Waals surface area contributed by atoms with E-state index >= 15 is 0 Å². The molecule has 1 saturated heterocycles. The molecule has 0 spiro atoms. The van der Waals surface area contributed by atoms with Gasteiger partial charge in [0.15, 0.2) is 0 Å². The molecule has 0 atom stereocenters. The average Bonchev–Trinajstić information content (AvgIpc) is 2.82. The molecule has 5 nitrogen and oxygen atoms in total. The first-order valence-corrected chi connectivity index (χ1v) is 11.2. The molecule has 6 heteroatoms. The maximum absolute atomic E-state index is 12.5. The third kappa shape index (κ3) is 6.42. The summed E-state index contributed by atoms with van der Waals surface area (Å²) in [5.74, 6) is 1.46. The third-order valence-corrected chi connectivity index (χ3v) is 5.76. The van der Waals surface area contributed by atoms with Gasteiger partial charge >= 0.3 is 0 Å². The van der Waals surface area contributed by atoms with E-state index in [9.17, 15) is 4.79 Å². The molecule has 1 fully saturated rings. The molecule has 1 aliphatic heterocycles. The van der Waals surface area contributed by atoms with Crippen LogP contribution in [0.4, 0.5) is 0 Å². The number of rotatable bonds is 7. The number of hydrogen-bond acceptors (Lipinski definition) is 4. The molecule has 3 aromatic carbocycles. The van der Waals surface area contributed by atoms with Gasteiger partial charge < -0.3 is 4.74 Å². The molecule has 1 heterocycles. The Morgan fingerprint density at radius 2 is 1.72 bits per heavy atom. The van der Waals surface area contributed by atoms with Gasteiger partial charge in [-0.05, 0) is 73.5 Å². The molecule has 1 amide bonds. The van der Waals surface area contributed by atoms with Crippen molar-refractivity contribution in [2.75, 3.05) is 13.1 Å². The number of nitrogens with zero attached hydrogens (tertiary/aromatic N) is 2. The van der Waals surface area contributed by atoms with Crippen molar-refractivity contribution in [1.82, 2.24) is 10.3 Å². The predicted molar refractivity (Wildman–Crippen MR) is 128 cm³/mol. The lowest BCUT2D eigenvalue weighted by atomic mass is 9.96. The van der Waals surface area contributed by atoms with Crippen molar-refractivity contribution < 1.29 is 9.53 Å². The van der Waals surface area contributed by atoms with Crippen LogP contribution in [0.1, 0.15) is 24.0 Å². The first kappa shape index (κ1) is 22.1. The van der Waals surface area contributed by atoms with Gasteiger partial charge in [0.05, 0.1) is 6.21 Å². The second-order valence-electron chi connectivity index (χ2n) is 7.90. The molecule has 0 unspecified atom stereocenters. The molecule has 1 N–H and O–H groups in total. The van der Waals surface area contributed by atoms with E-state index in [0.717, 1.165) is 54.6 Å². The number of para-hydroxylation sites is 1. The van der Waals surface area contributed by atoms with Crippen LogP contribution in [-0.4, -0.2) is 30.1 Å². The van der Waals surface area contributed by atoms with Crippen molar-refractivity contribution in [3.63, 3.8) is 0 Å². The third-order valence-electron chi connectivity index (χ3n) is 5.50. The molecule has 4 rings (SSSR count). The smallest absolute Gasteiger partial charge is 0.243 e. The Kier molecular flexibility index (Phi) is 7.54. The van der Waals surface area contributed by atoms with Crippen molar-refractivity contribution >= 4 is 23.7 Å². The van der Waals surface area contributed by atoms with Gasteiger partial charge in [-0.15, -0.1) is 0 Å². The van der Waals surface area contributed by atoms with Crippen molar-refractivity contribution in [2.45, 2.75) is 19.4 Å². The number of benzene rings is 3. The van der Waals surface area contributed by atoms with E-state index < -0.39 is 0 Å². The molecule has 0 saturated carbocycles. The Balaban J connectivity index is 1.23. The summed E-state index contributed by atoms with van der Waals surface area (Å²) in [4.78, 5) is 14.9. The number of carbonyl (C=O) groups excluding carboxylic acids is 1. The Morgan fingerprint density at radius 3 is 2.47 bits per heavy atom. The van der Waals surface area contributed by atoms with E-state index in [4.69, 9.17) is 16.3 Å². The summed E-state index contributed by atoms with van der Waals surface area (Å²) in [6.07, 6.45) is 3.30. The second-order valence-corrected chi connectivity index (χ2v) is 8.34. The van der Waals surface area contributed by atoms with Gasteiger partial charge in [-0.3, -0.25) is 9.69 Å². The van der Waals surface area contributed by atoms with Gasteiger partial charge in [0.2, 0.25) is 5.91 Å². The van der Waals surface area contributed by atoms with E-state index in [1.54, 1.807) is 6.21 Å².